The molecule has 2 rings (SSSR count). The standard InChI is InChI=1S/C15H23N5O3.HI/c1-2-16-15(19-10-7-14(21)11-19)18-9-8-17-12-3-5-13(6-4-12)20(22)23;/h3-6,14,17,21H,2,7-11H2,1H3,(H,16,18);1H/t14-;/m1./s1. The highest BCUT2D eigenvalue weighted by atomic mass is 127. The Labute approximate surface area is 158 Å². The summed E-state index contributed by atoms with van der Waals surface area (Å²) in [5, 5.41) is 26.6. The number of benzene rings is 1. The molecule has 0 aromatic heterocycles. The minimum absolute atomic E-state index is 0. The minimum Gasteiger partial charge on any atom is -0.391 e. The van der Waals surface area contributed by atoms with E-state index < -0.39 is 4.92 Å². The quantitative estimate of drug-likeness (QED) is 0.153. The topological polar surface area (TPSA) is 103 Å². The van der Waals surface area contributed by atoms with Crippen LogP contribution in [0.25, 0.3) is 0 Å². The van der Waals surface area contributed by atoms with Gasteiger partial charge in [0.25, 0.3) is 5.69 Å². The Balaban J connectivity index is 0.00000288. The molecule has 0 radical (unpaired) electrons. The molecule has 1 aromatic carbocycles. The van der Waals surface area contributed by atoms with Crippen molar-refractivity contribution in [3.63, 3.8) is 0 Å². The van der Waals surface area contributed by atoms with Crippen molar-refractivity contribution in [1.82, 2.24) is 10.2 Å². The lowest BCUT2D eigenvalue weighted by atomic mass is 10.3. The van der Waals surface area contributed by atoms with Gasteiger partial charge in [0.2, 0.25) is 0 Å². The maximum atomic E-state index is 10.6. The van der Waals surface area contributed by atoms with E-state index in [1.807, 2.05) is 6.92 Å². The number of aliphatic hydroxyl groups is 1. The molecular weight excluding hydrogens is 425 g/mol. The number of guanidine groups is 1. The number of nitrogens with one attached hydrogen (secondary N) is 2. The van der Waals surface area contributed by atoms with Crippen LogP contribution in [0.3, 0.4) is 0 Å². The Bertz CT molecular complexity index is 553. The van der Waals surface area contributed by atoms with E-state index in [0.717, 1.165) is 31.2 Å². The molecule has 0 spiro atoms. The smallest absolute Gasteiger partial charge is 0.269 e. The van der Waals surface area contributed by atoms with Crippen LogP contribution in [0.2, 0.25) is 0 Å². The highest BCUT2D eigenvalue weighted by Gasteiger charge is 2.22. The molecule has 1 aliphatic heterocycles. The SMILES string of the molecule is CCNC(=NCCNc1ccc([N+](=O)[O-])cc1)N1CC[C@@H](O)C1.I. The third-order valence-electron chi connectivity index (χ3n) is 3.58. The van der Waals surface area contributed by atoms with Crippen LogP contribution in [0.1, 0.15) is 13.3 Å². The third-order valence-corrected chi connectivity index (χ3v) is 3.58. The third kappa shape index (κ3) is 6.11. The molecule has 9 heteroatoms. The van der Waals surface area contributed by atoms with Gasteiger partial charge in [-0.15, -0.1) is 24.0 Å². The van der Waals surface area contributed by atoms with Crippen LogP contribution in [0.15, 0.2) is 29.3 Å². The number of anilines is 1. The number of β-amino-alcohol motifs (C(OH)–C–C–N with tert-alkyl or cyclic N) is 1. The van der Waals surface area contributed by atoms with Gasteiger partial charge in [-0.2, -0.15) is 0 Å². The van der Waals surface area contributed by atoms with Crippen molar-refractivity contribution in [1.29, 1.82) is 0 Å². The van der Waals surface area contributed by atoms with Crippen molar-refractivity contribution in [2.24, 2.45) is 4.99 Å². The molecule has 1 aliphatic rings. The van der Waals surface area contributed by atoms with Gasteiger partial charge in [-0.1, -0.05) is 0 Å². The van der Waals surface area contributed by atoms with E-state index >= 15 is 0 Å². The zero-order valence-electron chi connectivity index (χ0n) is 13.6. The van der Waals surface area contributed by atoms with Gasteiger partial charge in [0.05, 0.1) is 17.6 Å². The number of aliphatic hydroxyl groups excluding tert-OH is 1. The molecule has 1 aromatic rings. The molecule has 24 heavy (non-hydrogen) atoms. The number of rotatable bonds is 6. The van der Waals surface area contributed by atoms with Gasteiger partial charge in [-0.05, 0) is 25.5 Å². The number of hydrogen-bond donors (Lipinski definition) is 3. The van der Waals surface area contributed by atoms with Crippen molar-refractivity contribution in [2.45, 2.75) is 19.4 Å². The van der Waals surface area contributed by atoms with Gasteiger partial charge in [0.15, 0.2) is 5.96 Å². The number of likely N-dealkylation sites (tertiary alicyclic amines) is 1. The molecular formula is C15H24IN5O3. The van der Waals surface area contributed by atoms with Gasteiger partial charge in [-0.3, -0.25) is 15.1 Å². The van der Waals surface area contributed by atoms with Gasteiger partial charge >= 0.3 is 0 Å². The Morgan fingerprint density at radius 2 is 2.17 bits per heavy atom. The summed E-state index contributed by atoms with van der Waals surface area (Å²) in [6.45, 7) is 5.41. The van der Waals surface area contributed by atoms with E-state index in [9.17, 15) is 15.2 Å². The molecule has 8 nitrogen and oxygen atoms in total. The highest BCUT2D eigenvalue weighted by Crippen LogP contribution is 2.15. The summed E-state index contributed by atoms with van der Waals surface area (Å²) in [6, 6.07) is 6.32. The van der Waals surface area contributed by atoms with Gasteiger partial charge in [0, 0.05) is 44.0 Å². The largest absolute Gasteiger partial charge is 0.391 e. The predicted molar refractivity (Wildman–Crippen MR) is 105 cm³/mol. The van der Waals surface area contributed by atoms with E-state index in [1.54, 1.807) is 12.1 Å². The molecule has 1 saturated heterocycles. The molecule has 0 aliphatic carbocycles. The molecule has 1 atom stereocenters. The van der Waals surface area contributed by atoms with Crippen LogP contribution in [0.5, 0.6) is 0 Å². The normalized spacial score (nSPS) is 17.3. The van der Waals surface area contributed by atoms with E-state index in [1.165, 1.54) is 12.1 Å². The first-order chi connectivity index (χ1) is 11.1. The zero-order chi connectivity index (χ0) is 16.7. The van der Waals surface area contributed by atoms with E-state index in [-0.39, 0.29) is 35.8 Å². The van der Waals surface area contributed by atoms with Crippen molar-refractivity contribution < 1.29 is 10.0 Å². The average Bonchev–Trinajstić information content (AvgIpc) is 2.97. The fourth-order valence-electron chi connectivity index (χ4n) is 2.42. The number of hydrogen-bond acceptors (Lipinski definition) is 5. The Morgan fingerprint density at radius 3 is 2.71 bits per heavy atom. The van der Waals surface area contributed by atoms with Crippen molar-refractivity contribution >= 4 is 41.3 Å². The molecule has 0 amide bonds. The Kier molecular flexibility index (Phi) is 8.76. The summed E-state index contributed by atoms with van der Waals surface area (Å²) < 4.78 is 0. The van der Waals surface area contributed by atoms with Crippen LogP contribution in [0, 0.1) is 10.1 Å². The number of nitro groups is 1. The van der Waals surface area contributed by atoms with Gasteiger partial charge in [0.1, 0.15) is 0 Å². The monoisotopic (exact) mass is 449 g/mol. The Morgan fingerprint density at radius 1 is 1.46 bits per heavy atom. The molecule has 0 bridgehead atoms. The van der Waals surface area contributed by atoms with E-state index in [2.05, 4.69) is 20.5 Å². The van der Waals surface area contributed by atoms with Crippen LogP contribution in [0.4, 0.5) is 11.4 Å². The number of nitrogens with zero attached hydrogens (tertiary/aromatic N) is 3. The van der Waals surface area contributed by atoms with Crippen LogP contribution >= 0.6 is 24.0 Å². The number of halogens is 1. The lowest BCUT2D eigenvalue weighted by Gasteiger charge is -2.21. The second-order valence-electron chi connectivity index (χ2n) is 5.35. The average molecular weight is 449 g/mol. The van der Waals surface area contributed by atoms with Crippen LogP contribution < -0.4 is 10.6 Å². The lowest BCUT2D eigenvalue weighted by Crippen LogP contribution is -2.40. The zero-order valence-corrected chi connectivity index (χ0v) is 16.0. The van der Waals surface area contributed by atoms with E-state index in [4.69, 9.17) is 0 Å². The van der Waals surface area contributed by atoms with Crippen molar-refractivity contribution in [2.75, 3.05) is 38.0 Å². The van der Waals surface area contributed by atoms with Gasteiger partial charge in [-0.25, -0.2) is 0 Å². The summed E-state index contributed by atoms with van der Waals surface area (Å²) in [7, 11) is 0. The fourth-order valence-corrected chi connectivity index (χ4v) is 2.42. The molecule has 0 saturated carbocycles. The van der Waals surface area contributed by atoms with Crippen LogP contribution in [-0.4, -0.2) is 59.7 Å². The van der Waals surface area contributed by atoms with Gasteiger partial charge < -0.3 is 20.6 Å². The second-order valence-corrected chi connectivity index (χ2v) is 5.35. The first-order valence-corrected chi connectivity index (χ1v) is 7.79. The Hall–Kier alpha value is -1.62. The van der Waals surface area contributed by atoms with Crippen molar-refractivity contribution in [3.8, 4) is 0 Å². The van der Waals surface area contributed by atoms with Crippen molar-refractivity contribution in [3.05, 3.63) is 34.4 Å². The molecule has 1 fully saturated rings. The summed E-state index contributed by atoms with van der Waals surface area (Å²) >= 11 is 0. The maximum Gasteiger partial charge on any atom is 0.269 e. The lowest BCUT2D eigenvalue weighted by molar-refractivity contribution is -0.384. The molecule has 0 unspecified atom stereocenters. The summed E-state index contributed by atoms with van der Waals surface area (Å²) in [6.07, 6.45) is 0.489. The highest BCUT2D eigenvalue weighted by molar-refractivity contribution is 14.0. The number of nitro benzene ring substituents is 1. The predicted octanol–water partition coefficient (Wildman–Crippen LogP) is 1.66. The number of aliphatic imine (C=N–C) groups is 1. The first kappa shape index (κ1) is 20.4. The molecule has 134 valence electrons. The van der Waals surface area contributed by atoms with Crippen LogP contribution in [-0.2, 0) is 0 Å². The summed E-state index contributed by atoms with van der Waals surface area (Å²) in [5.41, 5.74) is 0.906. The number of non-ortho nitro benzene ring substituents is 1. The summed E-state index contributed by atoms with van der Waals surface area (Å²) in [4.78, 5) is 16.8. The summed E-state index contributed by atoms with van der Waals surface area (Å²) in [5.74, 6) is 0.814. The second kappa shape index (κ2) is 10.3. The van der Waals surface area contributed by atoms with E-state index in [0.29, 0.717) is 19.6 Å². The fraction of sp³-hybridized carbons (Fsp3) is 0.533. The molecule has 3 N–H and O–H groups in total. The maximum absolute atomic E-state index is 10.6. The first-order valence-electron chi connectivity index (χ1n) is 7.79. The molecule has 1 heterocycles. The minimum atomic E-state index is -0.415.